The second kappa shape index (κ2) is 17.8. The van der Waals surface area contributed by atoms with Crippen molar-refractivity contribution in [3.8, 4) is 44.5 Å². The van der Waals surface area contributed by atoms with Crippen molar-refractivity contribution in [2.45, 2.75) is 0 Å². The predicted molar refractivity (Wildman–Crippen MR) is 221 cm³/mol. The van der Waals surface area contributed by atoms with Crippen LogP contribution in [-0.4, -0.2) is 43.0 Å². The fourth-order valence-electron chi connectivity index (χ4n) is 6.69. The van der Waals surface area contributed by atoms with E-state index in [0.717, 1.165) is 96.5 Å². The van der Waals surface area contributed by atoms with E-state index in [1.54, 1.807) is 20.8 Å². The zero-order valence-electron chi connectivity index (χ0n) is 28.6. The van der Waals surface area contributed by atoms with Gasteiger partial charge in [-0.15, -0.1) is 22.1 Å². The quantitative estimate of drug-likeness (QED) is 0.184. The van der Waals surface area contributed by atoms with Crippen molar-refractivity contribution in [3.63, 3.8) is 0 Å². The predicted octanol–water partition coefficient (Wildman–Crippen LogP) is 7.66. The zero-order chi connectivity index (χ0) is 35.9. The Hall–Kier alpha value is -4.78. The number of benzene rings is 4. The van der Waals surface area contributed by atoms with Crippen LogP contribution < -0.4 is 26.9 Å². The molecule has 260 valence electrons. The number of halogens is 2. The average molecular weight is 926 g/mol. The number of rotatable bonds is 4. The molecule has 0 amide bonds. The van der Waals surface area contributed by atoms with Crippen LogP contribution in [0.5, 0.6) is 0 Å². The summed E-state index contributed by atoms with van der Waals surface area (Å²) in [4.78, 5) is 21.2. The van der Waals surface area contributed by atoms with E-state index in [0.29, 0.717) is 0 Å². The summed E-state index contributed by atoms with van der Waals surface area (Å²) < 4.78 is 0. The van der Waals surface area contributed by atoms with Gasteiger partial charge in [-0.1, -0.05) is 146 Å². The third kappa shape index (κ3) is 7.81. The first-order valence-corrected chi connectivity index (χ1v) is 22.4. The molecule has 0 saturated carbocycles. The first kappa shape index (κ1) is 38.0. The Balaban J connectivity index is 0.000000931. The van der Waals surface area contributed by atoms with Crippen LogP contribution in [0.1, 0.15) is 22.8 Å². The Morgan fingerprint density at radius 1 is 0.377 bits per heavy atom. The molecule has 0 aliphatic carbocycles. The van der Waals surface area contributed by atoms with Gasteiger partial charge >= 0.3 is 33.4 Å². The molecule has 0 spiro atoms. The van der Waals surface area contributed by atoms with E-state index < -0.39 is 0 Å². The second-order valence-electron chi connectivity index (χ2n) is 11.8. The van der Waals surface area contributed by atoms with Gasteiger partial charge in [0.05, 0.1) is 22.8 Å². The molecule has 5 heterocycles. The van der Waals surface area contributed by atoms with E-state index in [4.69, 9.17) is 25.0 Å². The first-order valence-electron chi connectivity index (χ1n) is 16.7. The van der Waals surface area contributed by atoms with Crippen LogP contribution in [-0.2, 0) is 0 Å². The van der Waals surface area contributed by atoms with Crippen molar-refractivity contribution in [2.24, 2.45) is 0 Å². The molecule has 5 nitrogen and oxygen atoms in total. The van der Waals surface area contributed by atoms with E-state index >= 15 is 0 Å². The monoisotopic (exact) mass is 923 g/mol. The van der Waals surface area contributed by atoms with Crippen LogP contribution in [0.3, 0.4) is 0 Å². The van der Waals surface area contributed by atoms with Gasteiger partial charge in [-0.2, -0.15) is 0 Å². The van der Waals surface area contributed by atoms with Gasteiger partial charge in [0, 0.05) is 7.11 Å². The summed E-state index contributed by atoms with van der Waals surface area (Å²) in [5.74, 6) is 0. The molecule has 9 rings (SSSR count). The van der Waals surface area contributed by atoms with Gasteiger partial charge in [0.1, 0.15) is 0 Å². The number of hydrogen-bond acceptors (Lipinski definition) is 3. The number of aliphatic hydroxyl groups excluding tert-OH is 1. The van der Waals surface area contributed by atoms with Crippen LogP contribution in [0.25, 0.3) is 90.9 Å². The SMILES string of the molecule is C1=Cc2nc1c(-c1ccccc1)c1ccc([n-]1)c(-c1ccccc1)c1nc(c(-c3ccccc3)c3ccc([n-]3)c2-c2ccccc2)C=C1.CO.[Br-].[Br][Sb]. The standard InChI is InChI=1S/C44H28N4.CH4O.2BrH.Sb/c1-5-13-29(14-6-1)41-33-21-23-35(45-33)42(30-15-7-2-8-16-30)37-25-27-39(47-37)44(32-19-11-4-12-20-32)40-28-26-38(48-40)43(31-17-9-3-10-18-31)36-24-22-34(41)46-36;1-2;;;/h1-28H;2H,1H3;2*1H;/q-2;;;;+1/p-2. The Labute approximate surface area is 339 Å². The van der Waals surface area contributed by atoms with Crippen LogP contribution >= 0.6 is 12.6 Å². The minimum atomic E-state index is 0. The number of hydrogen-bond donors (Lipinski definition) is 1. The number of aliphatic hydroxyl groups is 1. The van der Waals surface area contributed by atoms with Gasteiger partial charge in [-0.05, 0) is 68.8 Å². The summed E-state index contributed by atoms with van der Waals surface area (Å²) >= 11 is 4.55. The maximum atomic E-state index is 7.00. The molecule has 0 saturated heterocycles. The Morgan fingerprint density at radius 3 is 0.792 bits per heavy atom. The summed E-state index contributed by atoms with van der Waals surface area (Å²) in [6.45, 7) is 0. The Bertz CT molecular complexity index is 2200. The summed E-state index contributed by atoms with van der Waals surface area (Å²) in [5.41, 5.74) is 15.0. The van der Waals surface area contributed by atoms with Crippen LogP contribution in [0.15, 0.2) is 146 Å². The topological polar surface area (TPSA) is 74.2 Å². The molecule has 2 aliphatic heterocycles. The van der Waals surface area contributed by atoms with Crippen molar-refractivity contribution in [1.29, 1.82) is 0 Å². The average Bonchev–Trinajstić information content (AvgIpc) is 4.06. The van der Waals surface area contributed by atoms with Crippen molar-refractivity contribution < 1.29 is 22.1 Å². The molecule has 7 aromatic rings. The van der Waals surface area contributed by atoms with Gasteiger partial charge < -0.3 is 32.1 Å². The Kier molecular flexibility index (Phi) is 12.8. The summed E-state index contributed by atoms with van der Waals surface area (Å²) in [6, 6.07) is 50.0. The molecule has 1 N–H and O–H groups in total. The van der Waals surface area contributed by atoms with E-state index in [-0.39, 0.29) is 17.0 Å². The van der Waals surface area contributed by atoms with E-state index in [9.17, 15) is 0 Å². The van der Waals surface area contributed by atoms with E-state index in [1.807, 2.05) is 24.3 Å². The van der Waals surface area contributed by atoms with Gasteiger partial charge in [-0.25, -0.2) is 9.97 Å². The fraction of sp³-hybridized carbons (Fsp3) is 0.0222. The van der Waals surface area contributed by atoms with Crippen molar-refractivity contribution >= 4 is 79.7 Å². The first-order chi connectivity index (χ1) is 25.8. The fourth-order valence-corrected chi connectivity index (χ4v) is 6.69. The van der Waals surface area contributed by atoms with Crippen LogP contribution in [0, 0.1) is 0 Å². The third-order valence-corrected chi connectivity index (χ3v) is 8.86. The molecule has 53 heavy (non-hydrogen) atoms. The van der Waals surface area contributed by atoms with Crippen LogP contribution in [0.2, 0.25) is 0 Å². The molecule has 8 heteroatoms. The maximum absolute atomic E-state index is 7.00. The van der Waals surface area contributed by atoms with Gasteiger partial charge in [0.2, 0.25) is 0 Å². The number of fused-ring (bicyclic) bond motifs is 8. The van der Waals surface area contributed by atoms with Crippen molar-refractivity contribution in [1.82, 2.24) is 19.9 Å². The molecule has 2 radical (unpaired) electrons. The normalized spacial score (nSPS) is 11.1. The van der Waals surface area contributed by atoms with Gasteiger partial charge in [-0.3, -0.25) is 0 Å². The van der Waals surface area contributed by atoms with Gasteiger partial charge in [0.25, 0.3) is 0 Å². The van der Waals surface area contributed by atoms with E-state index in [2.05, 4.69) is 158 Å². The Morgan fingerprint density at radius 2 is 0.585 bits per heavy atom. The molecule has 4 aromatic carbocycles. The third-order valence-electron chi connectivity index (χ3n) is 8.86. The van der Waals surface area contributed by atoms with Crippen LogP contribution in [0.4, 0.5) is 0 Å². The van der Waals surface area contributed by atoms with Gasteiger partial charge in [0.15, 0.2) is 0 Å². The molecule has 2 aliphatic rings. The molecular weight excluding hydrogens is 894 g/mol. The molecule has 3 aromatic heterocycles. The number of aromatic nitrogens is 4. The minimum absolute atomic E-state index is 0. The second-order valence-corrected chi connectivity index (χ2v) is 11.8. The summed E-state index contributed by atoms with van der Waals surface area (Å²) in [7, 11) is 1.00. The summed E-state index contributed by atoms with van der Waals surface area (Å²) in [6.07, 6.45) is 8.41. The van der Waals surface area contributed by atoms with Crippen molar-refractivity contribution in [2.75, 3.05) is 7.11 Å². The molecule has 0 atom stereocenters. The summed E-state index contributed by atoms with van der Waals surface area (Å²) in [5, 5.41) is 7.00. The zero-order valence-corrected chi connectivity index (χ0v) is 34.3. The number of nitrogens with zero attached hydrogens (tertiary/aromatic N) is 4. The molecule has 8 bridgehead atoms. The van der Waals surface area contributed by atoms with Crippen molar-refractivity contribution in [3.05, 3.63) is 168 Å². The molecule has 0 fully saturated rings. The van der Waals surface area contributed by atoms with E-state index in [1.165, 1.54) is 0 Å². The molecule has 0 unspecified atom stereocenters. The molecular formula is C45H32Br2N4OSb-3.